The number of para-hydroxylation sites is 2. The Morgan fingerprint density at radius 1 is 1.23 bits per heavy atom. The predicted molar refractivity (Wildman–Crippen MR) is 92.1 cm³/mol. The van der Waals surface area contributed by atoms with Crippen LogP contribution in [0.15, 0.2) is 48.5 Å². The van der Waals surface area contributed by atoms with Gasteiger partial charge in [-0.3, -0.25) is 0 Å². The van der Waals surface area contributed by atoms with Crippen molar-refractivity contribution in [3.05, 3.63) is 54.4 Å². The van der Waals surface area contributed by atoms with Crippen molar-refractivity contribution in [1.82, 2.24) is 15.3 Å². The van der Waals surface area contributed by atoms with Crippen LogP contribution in [-0.4, -0.2) is 22.2 Å². The number of imidazole rings is 1. The summed E-state index contributed by atoms with van der Waals surface area (Å²) in [6, 6.07) is 15.5. The Hall–Kier alpha value is -2.60. The van der Waals surface area contributed by atoms with Crippen LogP contribution in [0.3, 0.4) is 0 Å². The van der Waals surface area contributed by atoms with Gasteiger partial charge in [0.2, 0.25) is 0 Å². The van der Waals surface area contributed by atoms with Crippen LogP contribution in [0, 0.1) is 0 Å². The molecule has 2 aromatic carbocycles. The summed E-state index contributed by atoms with van der Waals surface area (Å²) in [4.78, 5) is 7.75. The number of methoxy groups -OCH3 is 1. The lowest BCUT2D eigenvalue weighted by atomic mass is 10.3. The molecule has 0 radical (unpaired) electrons. The summed E-state index contributed by atoms with van der Waals surface area (Å²) < 4.78 is 5.18. The largest absolute Gasteiger partial charge is 0.497 e. The standard InChI is InChI=1S/C16H16N4OS/c1-21-12-6-4-5-11(9-12)18-16(22)17-10-15-19-13-7-2-3-8-14(13)20-15/h2-9H,10H2,1H3,(H,19,20)(H2,17,18,22). The third-order valence-corrected chi connectivity index (χ3v) is 3.43. The highest BCUT2D eigenvalue weighted by molar-refractivity contribution is 7.80. The Labute approximate surface area is 133 Å². The molecule has 0 aliphatic carbocycles. The van der Waals surface area contributed by atoms with Gasteiger partial charge in [-0.1, -0.05) is 18.2 Å². The van der Waals surface area contributed by atoms with Crippen molar-refractivity contribution >= 4 is 34.1 Å². The van der Waals surface area contributed by atoms with E-state index in [-0.39, 0.29) is 0 Å². The molecule has 112 valence electrons. The number of benzene rings is 2. The lowest BCUT2D eigenvalue weighted by Crippen LogP contribution is -2.28. The van der Waals surface area contributed by atoms with E-state index in [1.165, 1.54) is 0 Å². The number of rotatable bonds is 4. The minimum atomic E-state index is 0.532. The maximum absolute atomic E-state index is 5.29. The van der Waals surface area contributed by atoms with Gasteiger partial charge in [0, 0.05) is 11.8 Å². The fraction of sp³-hybridized carbons (Fsp3) is 0.125. The molecule has 6 heteroatoms. The zero-order valence-corrected chi connectivity index (χ0v) is 12.9. The first-order chi connectivity index (χ1) is 10.7. The van der Waals surface area contributed by atoms with Gasteiger partial charge in [0.1, 0.15) is 11.6 Å². The predicted octanol–water partition coefficient (Wildman–Crippen LogP) is 3.06. The molecule has 22 heavy (non-hydrogen) atoms. The smallest absolute Gasteiger partial charge is 0.171 e. The number of fused-ring (bicyclic) bond motifs is 1. The van der Waals surface area contributed by atoms with E-state index in [1.54, 1.807) is 7.11 Å². The molecule has 3 N–H and O–H groups in total. The van der Waals surface area contributed by atoms with Crippen LogP contribution in [0.25, 0.3) is 11.0 Å². The molecule has 5 nitrogen and oxygen atoms in total. The third-order valence-electron chi connectivity index (χ3n) is 3.18. The van der Waals surface area contributed by atoms with E-state index in [9.17, 15) is 0 Å². The fourth-order valence-corrected chi connectivity index (χ4v) is 2.32. The minimum Gasteiger partial charge on any atom is -0.497 e. The van der Waals surface area contributed by atoms with E-state index in [0.29, 0.717) is 11.7 Å². The summed E-state index contributed by atoms with van der Waals surface area (Å²) in [7, 11) is 1.64. The van der Waals surface area contributed by atoms with E-state index >= 15 is 0 Å². The number of hydrogen-bond donors (Lipinski definition) is 3. The van der Waals surface area contributed by atoms with Crippen LogP contribution in [0.1, 0.15) is 5.82 Å². The molecule has 0 amide bonds. The van der Waals surface area contributed by atoms with Crippen molar-refractivity contribution in [2.24, 2.45) is 0 Å². The topological polar surface area (TPSA) is 62.0 Å². The van der Waals surface area contributed by atoms with Crippen molar-refractivity contribution < 1.29 is 4.74 Å². The van der Waals surface area contributed by atoms with E-state index < -0.39 is 0 Å². The van der Waals surface area contributed by atoms with Gasteiger partial charge in [0.25, 0.3) is 0 Å². The van der Waals surface area contributed by atoms with Gasteiger partial charge < -0.3 is 20.4 Å². The van der Waals surface area contributed by atoms with Crippen molar-refractivity contribution in [2.75, 3.05) is 12.4 Å². The monoisotopic (exact) mass is 312 g/mol. The van der Waals surface area contributed by atoms with E-state index in [0.717, 1.165) is 28.3 Å². The molecule has 0 atom stereocenters. The number of thiocarbonyl (C=S) groups is 1. The normalized spacial score (nSPS) is 10.4. The maximum atomic E-state index is 5.29. The Balaban J connectivity index is 1.59. The summed E-state index contributed by atoms with van der Waals surface area (Å²) in [6.07, 6.45) is 0. The number of nitrogens with zero attached hydrogens (tertiary/aromatic N) is 1. The number of hydrogen-bond acceptors (Lipinski definition) is 3. The molecule has 0 fully saturated rings. The van der Waals surface area contributed by atoms with Crippen LogP contribution in [0.4, 0.5) is 5.69 Å². The zero-order valence-electron chi connectivity index (χ0n) is 12.1. The quantitative estimate of drug-likeness (QED) is 0.646. The second-order valence-corrected chi connectivity index (χ2v) is 5.15. The molecule has 0 aliphatic heterocycles. The van der Waals surface area contributed by atoms with Gasteiger partial charge in [0.15, 0.2) is 5.11 Å². The van der Waals surface area contributed by atoms with Crippen LogP contribution in [-0.2, 0) is 6.54 Å². The molecule has 1 aromatic heterocycles. The van der Waals surface area contributed by atoms with Crippen LogP contribution in [0.2, 0.25) is 0 Å². The molecule has 0 saturated carbocycles. The number of aromatic amines is 1. The first-order valence-electron chi connectivity index (χ1n) is 6.87. The maximum Gasteiger partial charge on any atom is 0.171 e. The first-order valence-corrected chi connectivity index (χ1v) is 7.28. The molecule has 0 spiro atoms. The van der Waals surface area contributed by atoms with E-state index in [2.05, 4.69) is 20.6 Å². The Morgan fingerprint density at radius 2 is 2.09 bits per heavy atom. The summed E-state index contributed by atoms with van der Waals surface area (Å²) in [5.41, 5.74) is 2.85. The Morgan fingerprint density at radius 3 is 2.91 bits per heavy atom. The van der Waals surface area contributed by atoms with Crippen LogP contribution >= 0.6 is 12.2 Å². The lowest BCUT2D eigenvalue weighted by Gasteiger charge is -2.10. The third kappa shape index (κ3) is 3.35. The number of ether oxygens (including phenoxy) is 1. The van der Waals surface area contributed by atoms with E-state index in [4.69, 9.17) is 17.0 Å². The van der Waals surface area contributed by atoms with Crippen molar-refractivity contribution in [1.29, 1.82) is 0 Å². The lowest BCUT2D eigenvalue weighted by molar-refractivity contribution is 0.415. The molecule has 0 bridgehead atoms. The average molecular weight is 312 g/mol. The highest BCUT2D eigenvalue weighted by atomic mass is 32.1. The van der Waals surface area contributed by atoms with Crippen LogP contribution in [0.5, 0.6) is 5.75 Å². The highest BCUT2D eigenvalue weighted by Gasteiger charge is 2.03. The molecule has 1 heterocycles. The van der Waals surface area contributed by atoms with Gasteiger partial charge in [-0.05, 0) is 36.5 Å². The SMILES string of the molecule is COc1cccc(NC(=S)NCc2nc3ccccc3[nH]2)c1. The van der Waals surface area contributed by atoms with Gasteiger partial charge >= 0.3 is 0 Å². The van der Waals surface area contributed by atoms with Gasteiger partial charge in [-0.2, -0.15) is 0 Å². The zero-order chi connectivity index (χ0) is 15.4. The van der Waals surface area contributed by atoms with Gasteiger partial charge in [-0.25, -0.2) is 4.98 Å². The molecule has 3 rings (SSSR count). The van der Waals surface area contributed by atoms with Crippen LogP contribution < -0.4 is 15.4 Å². The second-order valence-electron chi connectivity index (χ2n) is 4.74. The molecule has 0 aliphatic rings. The first kappa shape index (κ1) is 14.3. The van der Waals surface area contributed by atoms with Crippen molar-refractivity contribution in [3.8, 4) is 5.75 Å². The van der Waals surface area contributed by atoms with E-state index in [1.807, 2.05) is 48.5 Å². The summed E-state index contributed by atoms with van der Waals surface area (Å²) >= 11 is 5.29. The number of aromatic nitrogens is 2. The Bertz CT molecular complexity index is 766. The number of nitrogens with one attached hydrogen (secondary N) is 3. The van der Waals surface area contributed by atoms with Gasteiger partial charge in [0.05, 0.1) is 24.7 Å². The minimum absolute atomic E-state index is 0.532. The van der Waals surface area contributed by atoms with Crippen molar-refractivity contribution in [2.45, 2.75) is 6.54 Å². The second kappa shape index (κ2) is 6.44. The molecule has 0 saturated heterocycles. The molecular weight excluding hydrogens is 296 g/mol. The molecule has 0 unspecified atom stereocenters. The summed E-state index contributed by atoms with van der Waals surface area (Å²) in [6.45, 7) is 0.532. The van der Waals surface area contributed by atoms with Crippen molar-refractivity contribution in [3.63, 3.8) is 0 Å². The fourth-order valence-electron chi connectivity index (χ4n) is 2.13. The summed E-state index contributed by atoms with van der Waals surface area (Å²) in [5.74, 6) is 1.63. The highest BCUT2D eigenvalue weighted by Crippen LogP contribution is 2.16. The van der Waals surface area contributed by atoms with Gasteiger partial charge in [-0.15, -0.1) is 0 Å². The summed E-state index contributed by atoms with van der Waals surface area (Å²) in [5, 5.41) is 6.79. The Kier molecular flexibility index (Phi) is 4.20. The number of H-pyrrole nitrogens is 1. The average Bonchev–Trinajstić information content (AvgIpc) is 2.96. The molecular formula is C16H16N4OS. The number of anilines is 1. The molecule has 3 aromatic rings.